The number of carboxylic acids is 1. The maximum absolute atomic E-state index is 11.8. The number of esters is 1. The zero-order chi connectivity index (χ0) is 24.0. The van der Waals surface area contributed by atoms with E-state index >= 15 is 0 Å². The third kappa shape index (κ3) is 8.63. The molecule has 2 rings (SSSR count). The van der Waals surface area contributed by atoms with Crippen LogP contribution < -0.4 is 0 Å². The Labute approximate surface area is 183 Å². The third-order valence-corrected chi connectivity index (χ3v) is 4.52. The van der Waals surface area contributed by atoms with Crippen LogP contribution in [-0.2, 0) is 23.8 Å². The fourth-order valence-corrected chi connectivity index (χ4v) is 3.25. The molecule has 0 spiro atoms. The van der Waals surface area contributed by atoms with E-state index in [0.29, 0.717) is 25.9 Å². The Morgan fingerprint density at radius 1 is 0.774 bits per heavy atom. The van der Waals surface area contributed by atoms with Gasteiger partial charge in [-0.2, -0.15) is 0 Å². The van der Waals surface area contributed by atoms with Gasteiger partial charge in [0.25, 0.3) is 0 Å². The van der Waals surface area contributed by atoms with Crippen LogP contribution in [0.3, 0.4) is 0 Å². The van der Waals surface area contributed by atoms with Crippen molar-refractivity contribution in [1.29, 1.82) is 0 Å². The van der Waals surface area contributed by atoms with Gasteiger partial charge in [-0.3, -0.25) is 9.80 Å². The van der Waals surface area contributed by atoms with Crippen LogP contribution in [0, 0.1) is 0 Å². The highest BCUT2D eigenvalue weighted by atomic mass is 16.6. The highest BCUT2D eigenvalue weighted by Crippen LogP contribution is 2.22. The molecule has 0 aromatic rings. The van der Waals surface area contributed by atoms with Crippen molar-refractivity contribution in [3.63, 3.8) is 0 Å². The van der Waals surface area contributed by atoms with Crippen LogP contribution in [-0.4, -0.2) is 82.5 Å². The van der Waals surface area contributed by atoms with E-state index in [1.165, 1.54) is 16.9 Å². The number of rotatable bonds is 2. The maximum atomic E-state index is 11.8. The Morgan fingerprint density at radius 2 is 1.16 bits per heavy atom. The van der Waals surface area contributed by atoms with E-state index in [-0.39, 0.29) is 5.97 Å². The number of carboxylic acid groups (broad SMARTS) is 1. The molecule has 0 unspecified atom stereocenters. The first kappa shape index (κ1) is 26.5. The summed E-state index contributed by atoms with van der Waals surface area (Å²) in [7, 11) is 1.33. The summed E-state index contributed by atoms with van der Waals surface area (Å²) < 4.78 is 15.0. The van der Waals surface area contributed by atoms with Gasteiger partial charge in [-0.15, -0.1) is 0 Å². The zero-order valence-electron chi connectivity index (χ0n) is 19.6. The molecule has 0 aromatic heterocycles. The molecule has 2 fully saturated rings. The first-order valence-corrected chi connectivity index (χ1v) is 10.5. The van der Waals surface area contributed by atoms with Crippen molar-refractivity contribution in [2.45, 2.75) is 90.5 Å². The minimum Gasteiger partial charge on any atom is -0.480 e. The van der Waals surface area contributed by atoms with E-state index in [1.807, 2.05) is 0 Å². The quantitative estimate of drug-likeness (QED) is 0.509. The molecule has 0 saturated carbocycles. The van der Waals surface area contributed by atoms with Crippen LogP contribution in [0.1, 0.15) is 67.2 Å². The van der Waals surface area contributed by atoms with Gasteiger partial charge < -0.3 is 19.3 Å². The number of carbonyl (C=O) groups excluding carboxylic acids is 3. The average molecular weight is 445 g/mol. The van der Waals surface area contributed by atoms with Gasteiger partial charge in [0.15, 0.2) is 0 Å². The molecule has 0 radical (unpaired) electrons. The maximum Gasteiger partial charge on any atom is 0.411 e. The number of hydrogen-bond donors (Lipinski definition) is 1. The van der Waals surface area contributed by atoms with Crippen molar-refractivity contribution < 1.29 is 38.5 Å². The van der Waals surface area contributed by atoms with Crippen molar-refractivity contribution in [2.24, 2.45) is 0 Å². The van der Waals surface area contributed by atoms with E-state index in [4.69, 9.17) is 14.6 Å². The predicted molar refractivity (Wildman–Crippen MR) is 112 cm³/mol. The Morgan fingerprint density at radius 3 is 1.52 bits per heavy atom. The number of carbonyl (C=O) groups is 4. The second-order valence-electron chi connectivity index (χ2n) is 9.52. The van der Waals surface area contributed by atoms with Crippen LogP contribution in [0.5, 0.6) is 0 Å². The average Bonchev–Trinajstić information content (AvgIpc) is 3.28. The molecule has 1 N–H and O–H groups in total. The molecule has 2 amide bonds. The van der Waals surface area contributed by atoms with E-state index < -0.39 is 41.4 Å². The molecule has 10 nitrogen and oxygen atoms in total. The van der Waals surface area contributed by atoms with Gasteiger partial charge in [0.05, 0.1) is 7.11 Å². The number of methoxy groups -OCH3 is 1. The first-order chi connectivity index (χ1) is 14.2. The second kappa shape index (κ2) is 10.7. The summed E-state index contributed by atoms with van der Waals surface area (Å²) in [5.41, 5.74) is -1.12. The van der Waals surface area contributed by atoms with Gasteiger partial charge in [-0.05, 0) is 67.2 Å². The number of hydrogen-bond acceptors (Lipinski definition) is 7. The van der Waals surface area contributed by atoms with Gasteiger partial charge in [-0.1, -0.05) is 0 Å². The first-order valence-electron chi connectivity index (χ1n) is 10.5. The summed E-state index contributed by atoms with van der Waals surface area (Å²) in [6.45, 7) is 11.7. The smallest absolute Gasteiger partial charge is 0.411 e. The van der Waals surface area contributed by atoms with Crippen LogP contribution >= 0.6 is 0 Å². The van der Waals surface area contributed by atoms with Gasteiger partial charge in [0.2, 0.25) is 0 Å². The Kier molecular flexibility index (Phi) is 9.13. The number of aliphatic carboxylic acids is 1. The van der Waals surface area contributed by atoms with Crippen molar-refractivity contribution in [3.05, 3.63) is 0 Å². The zero-order valence-corrected chi connectivity index (χ0v) is 19.6. The monoisotopic (exact) mass is 444 g/mol. The third-order valence-electron chi connectivity index (χ3n) is 4.52. The SMILES string of the molecule is CC(C)(C)OC(=O)N1CCC[C@H]1C(=O)O.COC(=O)[C@@H]1CCCN1C(=O)OC(C)(C)C. The number of likely N-dealkylation sites (tertiary alicyclic amines) is 2. The Balaban J connectivity index is 0.000000311. The molecule has 2 atom stereocenters. The highest BCUT2D eigenvalue weighted by molar-refractivity contribution is 5.82. The normalized spacial score (nSPS) is 21.1. The predicted octanol–water partition coefficient (Wildman–Crippen LogP) is 3.03. The van der Waals surface area contributed by atoms with Gasteiger partial charge in [0, 0.05) is 13.1 Å². The fourth-order valence-electron chi connectivity index (χ4n) is 3.25. The topological polar surface area (TPSA) is 123 Å². The van der Waals surface area contributed by atoms with Crippen molar-refractivity contribution in [2.75, 3.05) is 20.2 Å². The van der Waals surface area contributed by atoms with Crippen molar-refractivity contribution in [1.82, 2.24) is 9.80 Å². The second-order valence-corrected chi connectivity index (χ2v) is 9.52. The molecule has 31 heavy (non-hydrogen) atoms. The van der Waals surface area contributed by atoms with Gasteiger partial charge in [0.1, 0.15) is 23.3 Å². The molecule has 2 heterocycles. The van der Waals surface area contributed by atoms with Gasteiger partial charge >= 0.3 is 24.1 Å². The number of nitrogens with zero attached hydrogens (tertiary/aromatic N) is 2. The Bertz CT molecular complexity index is 665. The summed E-state index contributed by atoms with van der Waals surface area (Å²) >= 11 is 0. The van der Waals surface area contributed by atoms with Crippen molar-refractivity contribution >= 4 is 24.1 Å². The molecule has 0 aromatic carbocycles. The van der Waals surface area contributed by atoms with E-state index in [0.717, 1.165) is 12.8 Å². The minimum atomic E-state index is -0.960. The highest BCUT2D eigenvalue weighted by Gasteiger charge is 2.37. The minimum absolute atomic E-state index is 0.372. The molecular weight excluding hydrogens is 408 g/mol. The van der Waals surface area contributed by atoms with Crippen molar-refractivity contribution in [3.8, 4) is 0 Å². The summed E-state index contributed by atoms with van der Waals surface area (Å²) in [5, 5.41) is 8.88. The lowest BCUT2D eigenvalue weighted by molar-refractivity contribution is -0.145. The molecule has 2 saturated heterocycles. The van der Waals surface area contributed by atoms with Gasteiger partial charge in [-0.25, -0.2) is 19.2 Å². The molecule has 2 aliphatic heterocycles. The summed E-state index contributed by atoms with van der Waals surface area (Å²) in [5.74, 6) is -1.33. The standard InChI is InChI=1S/C11H19NO4.C10H17NO4/c1-11(2,3)16-10(14)12-7-5-6-8(12)9(13)15-4;1-10(2,3)15-9(14)11-6-4-5-7(11)8(12)13/h8H,5-7H2,1-4H3;7H,4-6H2,1-3H3,(H,12,13)/t8-;7-/m00/s1. The molecular formula is C21H36N2O8. The lowest BCUT2D eigenvalue weighted by Gasteiger charge is -2.27. The van der Waals surface area contributed by atoms with E-state index in [1.54, 1.807) is 41.5 Å². The van der Waals surface area contributed by atoms with Crippen LogP contribution in [0.25, 0.3) is 0 Å². The largest absolute Gasteiger partial charge is 0.480 e. The number of amides is 2. The summed E-state index contributed by atoms with van der Waals surface area (Å²) in [6.07, 6.45) is 1.70. The van der Waals surface area contributed by atoms with E-state index in [2.05, 4.69) is 4.74 Å². The lowest BCUT2D eigenvalue weighted by atomic mass is 10.2. The molecule has 2 aliphatic rings. The Hall–Kier alpha value is -2.52. The van der Waals surface area contributed by atoms with E-state index in [9.17, 15) is 19.2 Å². The molecule has 178 valence electrons. The molecule has 0 aliphatic carbocycles. The van der Waals surface area contributed by atoms with Crippen LogP contribution in [0.4, 0.5) is 9.59 Å². The molecule has 0 bridgehead atoms. The van der Waals surface area contributed by atoms with Crippen LogP contribution in [0.15, 0.2) is 0 Å². The van der Waals surface area contributed by atoms with Crippen LogP contribution in [0.2, 0.25) is 0 Å². The lowest BCUT2D eigenvalue weighted by Crippen LogP contribution is -2.43. The number of ether oxygens (including phenoxy) is 3. The summed E-state index contributed by atoms with van der Waals surface area (Å²) in [4.78, 5) is 48.4. The summed E-state index contributed by atoms with van der Waals surface area (Å²) in [6, 6.07) is -1.21. The molecule has 10 heteroatoms. The fraction of sp³-hybridized carbons (Fsp3) is 0.810.